The van der Waals surface area contributed by atoms with E-state index in [-0.39, 0.29) is 11.8 Å². The smallest absolute Gasteiger partial charge is 0.175 e. The number of anilines is 2. The molecule has 2 atom stereocenters. The van der Waals surface area contributed by atoms with Gasteiger partial charge in [0.15, 0.2) is 5.82 Å². The third kappa shape index (κ3) is 3.85. The third-order valence-corrected chi connectivity index (χ3v) is 6.52. The Kier molecular flexibility index (Phi) is 5.59. The minimum atomic E-state index is -0.834. The number of halogens is 1. The number of alkyl halides is 1. The largest absolute Gasteiger partial charge is 0.507 e. The highest BCUT2D eigenvalue weighted by atomic mass is 19.1. The lowest BCUT2D eigenvalue weighted by Crippen LogP contribution is -2.44. The summed E-state index contributed by atoms with van der Waals surface area (Å²) in [4.78, 5) is 4.27. The highest BCUT2D eigenvalue weighted by Crippen LogP contribution is 2.39. The summed E-state index contributed by atoms with van der Waals surface area (Å²) < 4.78 is 14.8. The first-order valence-corrected chi connectivity index (χ1v) is 11.2. The van der Waals surface area contributed by atoms with Gasteiger partial charge in [0, 0.05) is 37.5 Å². The van der Waals surface area contributed by atoms with E-state index in [1.54, 1.807) is 18.3 Å². The maximum absolute atomic E-state index is 14.8. The Morgan fingerprint density at radius 2 is 1.84 bits per heavy atom. The second-order valence-corrected chi connectivity index (χ2v) is 8.62. The first-order chi connectivity index (χ1) is 15.6. The molecule has 1 aliphatic carbocycles. The summed E-state index contributed by atoms with van der Waals surface area (Å²) in [7, 11) is 2.03. The van der Waals surface area contributed by atoms with Gasteiger partial charge in [0.2, 0.25) is 0 Å². The van der Waals surface area contributed by atoms with Gasteiger partial charge < -0.3 is 14.9 Å². The van der Waals surface area contributed by atoms with Crippen LogP contribution in [0, 0.1) is 0 Å². The molecule has 2 aliphatic rings. The molecule has 0 bridgehead atoms. The summed E-state index contributed by atoms with van der Waals surface area (Å²) in [5.41, 5.74) is 3.56. The van der Waals surface area contributed by atoms with Gasteiger partial charge in [-0.1, -0.05) is 18.9 Å². The van der Waals surface area contributed by atoms with Crippen LogP contribution in [0.5, 0.6) is 5.75 Å². The average molecular weight is 435 g/mol. The van der Waals surface area contributed by atoms with Crippen molar-refractivity contribution in [3.8, 4) is 28.3 Å². The van der Waals surface area contributed by atoms with Crippen molar-refractivity contribution in [2.24, 2.45) is 0 Å². The standard InChI is InChI=1S/C24H27FN6O/c1-30-12-5-13-31(21-8-3-2-6-18(21)25)24-22(30)15-20(28-29-24)17-10-9-16(14-23(17)32)19-7-4-11-26-27-19/h4,7,9-11,14-15,18,21,32H,2-3,5-6,8,12-13H2,1H3/t18-,21+/m0/s1. The normalized spacial score (nSPS) is 21.2. The Labute approximate surface area is 186 Å². The number of aromatic hydroxyl groups is 1. The van der Waals surface area contributed by atoms with Gasteiger partial charge in [-0.25, -0.2) is 4.39 Å². The first kappa shape index (κ1) is 20.6. The lowest BCUT2D eigenvalue weighted by Gasteiger charge is -2.37. The quantitative estimate of drug-likeness (QED) is 0.661. The van der Waals surface area contributed by atoms with E-state index in [2.05, 4.69) is 30.2 Å². The minimum Gasteiger partial charge on any atom is -0.507 e. The SMILES string of the molecule is CN1CCCN([C@@H]2CCCC[C@@H]2F)c2nnc(-c3ccc(-c4cccnn4)cc3O)cc21. The lowest BCUT2D eigenvalue weighted by molar-refractivity contribution is 0.209. The van der Waals surface area contributed by atoms with Crippen LogP contribution in [0.4, 0.5) is 15.9 Å². The molecule has 0 amide bonds. The Morgan fingerprint density at radius 1 is 0.969 bits per heavy atom. The molecule has 7 nitrogen and oxygen atoms in total. The van der Waals surface area contributed by atoms with Crippen LogP contribution in [-0.2, 0) is 0 Å². The van der Waals surface area contributed by atoms with E-state index in [0.717, 1.165) is 55.8 Å². The Bertz CT molecular complexity index is 1100. The number of hydrogen-bond acceptors (Lipinski definition) is 7. The summed E-state index contributed by atoms with van der Waals surface area (Å²) in [5.74, 6) is 0.839. The molecule has 2 aromatic heterocycles. The number of fused-ring (bicyclic) bond motifs is 1. The molecular weight excluding hydrogens is 407 g/mol. The van der Waals surface area contributed by atoms with Gasteiger partial charge >= 0.3 is 0 Å². The van der Waals surface area contributed by atoms with Crippen LogP contribution in [0.25, 0.3) is 22.5 Å². The van der Waals surface area contributed by atoms with Gasteiger partial charge in [-0.3, -0.25) is 0 Å². The summed E-state index contributed by atoms with van der Waals surface area (Å²) in [6, 6.07) is 10.8. The Morgan fingerprint density at radius 3 is 2.62 bits per heavy atom. The second kappa shape index (κ2) is 8.68. The van der Waals surface area contributed by atoms with Crippen LogP contribution in [0.1, 0.15) is 32.1 Å². The van der Waals surface area contributed by atoms with Crippen LogP contribution >= 0.6 is 0 Å². The zero-order chi connectivity index (χ0) is 22.1. The minimum absolute atomic E-state index is 0.103. The summed E-state index contributed by atoms with van der Waals surface area (Å²) in [6.07, 6.45) is 5.17. The molecule has 8 heteroatoms. The fourth-order valence-electron chi connectivity index (χ4n) is 4.80. The molecule has 3 heterocycles. The van der Waals surface area contributed by atoms with Gasteiger partial charge in [0.05, 0.1) is 23.1 Å². The number of nitrogens with zero attached hydrogens (tertiary/aromatic N) is 6. The van der Waals surface area contributed by atoms with Crippen molar-refractivity contribution in [1.82, 2.24) is 20.4 Å². The monoisotopic (exact) mass is 434 g/mol. The van der Waals surface area contributed by atoms with Crippen LogP contribution in [0.3, 0.4) is 0 Å². The zero-order valence-electron chi connectivity index (χ0n) is 18.2. The summed E-state index contributed by atoms with van der Waals surface area (Å²) >= 11 is 0. The maximum Gasteiger partial charge on any atom is 0.175 e. The van der Waals surface area contributed by atoms with Crippen molar-refractivity contribution in [2.45, 2.75) is 44.3 Å². The van der Waals surface area contributed by atoms with Crippen molar-refractivity contribution in [3.63, 3.8) is 0 Å². The summed E-state index contributed by atoms with van der Waals surface area (Å²) in [5, 5.41) is 27.7. The lowest BCUT2D eigenvalue weighted by atomic mass is 9.92. The molecule has 0 saturated heterocycles. The third-order valence-electron chi connectivity index (χ3n) is 6.52. The van der Waals surface area contributed by atoms with E-state index in [9.17, 15) is 9.50 Å². The molecule has 1 aliphatic heterocycles. The predicted molar refractivity (Wildman–Crippen MR) is 123 cm³/mol. The molecule has 0 radical (unpaired) electrons. The number of benzene rings is 1. The van der Waals surface area contributed by atoms with Gasteiger partial charge in [0.25, 0.3) is 0 Å². The fourth-order valence-corrected chi connectivity index (χ4v) is 4.80. The molecule has 5 rings (SSSR count). The molecule has 1 saturated carbocycles. The molecule has 0 unspecified atom stereocenters. The second-order valence-electron chi connectivity index (χ2n) is 8.62. The van der Waals surface area contributed by atoms with E-state index in [0.29, 0.717) is 23.4 Å². The van der Waals surface area contributed by atoms with Crippen LogP contribution in [-0.4, -0.2) is 57.9 Å². The molecule has 1 aromatic carbocycles. The molecule has 32 heavy (non-hydrogen) atoms. The maximum atomic E-state index is 14.8. The number of hydrogen-bond donors (Lipinski definition) is 1. The number of phenols is 1. The van der Waals surface area contributed by atoms with Crippen molar-refractivity contribution < 1.29 is 9.50 Å². The van der Waals surface area contributed by atoms with Gasteiger partial charge in [-0.15, -0.1) is 10.2 Å². The summed E-state index contributed by atoms with van der Waals surface area (Å²) in [6.45, 7) is 1.63. The number of phenolic OH excluding ortho intramolecular Hbond substituents is 1. The van der Waals surface area contributed by atoms with E-state index in [4.69, 9.17) is 0 Å². The van der Waals surface area contributed by atoms with Crippen LogP contribution in [0.2, 0.25) is 0 Å². The van der Waals surface area contributed by atoms with Crippen molar-refractivity contribution >= 4 is 11.5 Å². The predicted octanol–water partition coefficient (Wildman–Crippen LogP) is 4.23. The van der Waals surface area contributed by atoms with Crippen molar-refractivity contribution in [2.75, 3.05) is 29.9 Å². The molecule has 0 spiro atoms. The highest BCUT2D eigenvalue weighted by Gasteiger charge is 2.34. The Balaban J connectivity index is 1.51. The molecular formula is C24H27FN6O. The van der Waals surface area contributed by atoms with Crippen molar-refractivity contribution in [3.05, 3.63) is 42.6 Å². The number of rotatable bonds is 3. The van der Waals surface area contributed by atoms with Crippen LogP contribution in [0.15, 0.2) is 42.6 Å². The van der Waals surface area contributed by atoms with Gasteiger partial charge in [-0.2, -0.15) is 10.2 Å². The van der Waals surface area contributed by atoms with Crippen molar-refractivity contribution in [1.29, 1.82) is 0 Å². The topological polar surface area (TPSA) is 78.3 Å². The Hall–Kier alpha value is -3.29. The van der Waals surface area contributed by atoms with E-state index in [1.807, 2.05) is 31.3 Å². The van der Waals surface area contributed by atoms with Gasteiger partial charge in [-0.05, 0) is 49.6 Å². The first-order valence-electron chi connectivity index (χ1n) is 11.2. The number of aromatic nitrogens is 4. The zero-order valence-corrected chi connectivity index (χ0v) is 18.2. The van der Waals surface area contributed by atoms with Crippen LogP contribution < -0.4 is 9.80 Å². The fraction of sp³-hybridized carbons (Fsp3) is 0.417. The van der Waals surface area contributed by atoms with E-state index >= 15 is 0 Å². The molecule has 166 valence electrons. The van der Waals surface area contributed by atoms with E-state index < -0.39 is 6.17 Å². The average Bonchev–Trinajstić information content (AvgIpc) is 2.98. The molecule has 1 fully saturated rings. The molecule has 3 aromatic rings. The molecule has 1 N–H and O–H groups in total. The van der Waals surface area contributed by atoms with Gasteiger partial charge in [0.1, 0.15) is 11.9 Å². The highest BCUT2D eigenvalue weighted by molar-refractivity contribution is 5.78. The van der Waals surface area contributed by atoms with E-state index in [1.165, 1.54) is 0 Å².